The number of rotatable bonds is 7. The highest BCUT2D eigenvalue weighted by Crippen LogP contribution is 2.21. The van der Waals surface area contributed by atoms with E-state index in [-0.39, 0.29) is 5.97 Å². The molecule has 0 N–H and O–H groups in total. The van der Waals surface area contributed by atoms with Crippen LogP contribution in [-0.2, 0) is 29.7 Å². The van der Waals surface area contributed by atoms with Crippen molar-refractivity contribution < 1.29 is 14.3 Å². The highest BCUT2D eigenvalue weighted by molar-refractivity contribution is 5.93. The molecule has 0 bridgehead atoms. The van der Waals surface area contributed by atoms with Gasteiger partial charge in [-0.1, -0.05) is 12.1 Å². The Bertz CT molecular complexity index is 1150. The molecule has 0 radical (unpaired) electrons. The number of benzene rings is 2. The predicted octanol–water partition coefficient (Wildman–Crippen LogP) is 3.05. The summed E-state index contributed by atoms with van der Waals surface area (Å²) < 4.78 is 14.5. The third-order valence-electron chi connectivity index (χ3n) is 4.55. The summed E-state index contributed by atoms with van der Waals surface area (Å²) in [7, 11) is 1.84. The van der Waals surface area contributed by atoms with Gasteiger partial charge in [0.15, 0.2) is 5.82 Å². The molecule has 29 heavy (non-hydrogen) atoms. The number of nitrogens with zero attached hydrogens (tertiary/aromatic N) is 5. The molecule has 148 valence electrons. The Hall–Kier alpha value is -3.52. The summed E-state index contributed by atoms with van der Waals surface area (Å²) in [5.41, 5.74) is 4.15. The fourth-order valence-electron chi connectivity index (χ4n) is 3.07. The van der Waals surface area contributed by atoms with Crippen molar-refractivity contribution in [1.82, 2.24) is 24.3 Å². The number of hydrogen-bond acceptors (Lipinski definition) is 6. The number of aryl methyl sites for hydroxylation is 1. The van der Waals surface area contributed by atoms with Crippen LogP contribution < -0.4 is 0 Å². The van der Waals surface area contributed by atoms with Gasteiger partial charge in [-0.3, -0.25) is 9.25 Å². The van der Waals surface area contributed by atoms with Crippen LogP contribution in [0.2, 0.25) is 0 Å². The van der Waals surface area contributed by atoms with Crippen LogP contribution in [0.1, 0.15) is 28.7 Å². The normalized spacial score (nSPS) is 11.1. The minimum Gasteiger partial charge on any atom is -0.462 e. The Balaban J connectivity index is 1.52. The molecular weight excluding hydrogens is 370 g/mol. The maximum absolute atomic E-state index is 11.9. The fourth-order valence-corrected chi connectivity index (χ4v) is 3.07. The van der Waals surface area contributed by atoms with Crippen LogP contribution in [0.3, 0.4) is 0 Å². The van der Waals surface area contributed by atoms with Gasteiger partial charge in [-0.25, -0.2) is 14.8 Å². The molecule has 0 saturated heterocycles. The van der Waals surface area contributed by atoms with E-state index in [1.54, 1.807) is 30.1 Å². The molecule has 0 aliphatic carbocycles. The first-order valence-electron chi connectivity index (χ1n) is 9.30. The van der Waals surface area contributed by atoms with Gasteiger partial charge in [0.1, 0.15) is 19.3 Å². The molecule has 0 aliphatic heterocycles. The zero-order valence-corrected chi connectivity index (χ0v) is 16.3. The molecule has 0 aliphatic rings. The van der Waals surface area contributed by atoms with Crippen LogP contribution >= 0.6 is 0 Å². The molecule has 2 aromatic heterocycles. The molecule has 8 nitrogen and oxygen atoms in total. The van der Waals surface area contributed by atoms with E-state index in [1.807, 2.05) is 35.9 Å². The number of ether oxygens (including phenoxy) is 2. The standard InChI is InChI=1S/C21H21N5O3/c1-3-29-21(27)16-7-8-19-18(10-16)23-14-26(19)17-6-4-5-15(9-17)11-28-12-20-22-13-24-25(20)2/h4-10,13-14H,3,11-12H2,1-2H3. The van der Waals surface area contributed by atoms with E-state index >= 15 is 0 Å². The third kappa shape index (κ3) is 4.02. The number of carbonyl (C=O) groups excluding carboxylic acids is 1. The summed E-state index contributed by atoms with van der Waals surface area (Å²) in [4.78, 5) is 20.5. The SMILES string of the molecule is CCOC(=O)c1ccc2c(c1)ncn2-c1cccc(COCc2ncnn2C)c1. The summed E-state index contributed by atoms with van der Waals surface area (Å²) in [5, 5.41) is 4.03. The van der Waals surface area contributed by atoms with Gasteiger partial charge < -0.3 is 9.47 Å². The van der Waals surface area contributed by atoms with E-state index in [0.717, 1.165) is 28.1 Å². The maximum Gasteiger partial charge on any atom is 0.338 e. The largest absolute Gasteiger partial charge is 0.462 e. The zero-order valence-electron chi connectivity index (χ0n) is 16.3. The van der Waals surface area contributed by atoms with Crippen LogP contribution in [-0.4, -0.2) is 36.9 Å². The zero-order chi connectivity index (χ0) is 20.2. The Morgan fingerprint density at radius 1 is 1.10 bits per heavy atom. The molecule has 0 amide bonds. The van der Waals surface area contributed by atoms with Crippen LogP contribution in [0.4, 0.5) is 0 Å². The van der Waals surface area contributed by atoms with Crippen molar-refractivity contribution >= 4 is 17.0 Å². The van der Waals surface area contributed by atoms with Crippen molar-refractivity contribution in [2.24, 2.45) is 7.05 Å². The summed E-state index contributed by atoms with van der Waals surface area (Å²) in [6, 6.07) is 13.4. The summed E-state index contributed by atoms with van der Waals surface area (Å²) in [6.45, 7) is 2.98. The molecule has 0 spiro atoms. The van der Waals surface area contributed by atoms with Gasteiger partial charge in [0, 0.05) is 12.7 Å². The number of esters is 1. The van der Waals surface area contributed by atoms with Gasteiger partial charge in [-0.15, -0.1) is 0 Å². The number of hydrogen-bond donors (Lipinski definition) is 0. The quantitative estimate of drug-likeness (QED) is 0.450. The van der Waals surface area contributed by atoms with Crippen molar-refractivity contribution in [3.63, 3.8) is 0 Å². The molecule has 2 heterocycles. The van der Waals surface area contributed by atoms with Crippen LogP contribution in [0.5, 0.6) is 0 Å². The van der Waals surface area contributed by atoms with E-state index in [9.17, 15) is 4.79 Å². The van der Waals surface area contributed by atoms with Crippen LogP contribution in [0.25, 0.3) is 16.7 Å². The van der Waals surface area contributed by atoms with Crippen molar-refractivity contribution in [2.75, 3.05) is 6.61 Å². The van der Waals surface area contributed by atoms with Gasteiger partial charge in [-0.05, 0) is 42.8 Å². The summed E-state index contributed by atoms with van der Waals surface area (Å²) in [6.07, 6.45) is 3.26. The first kappa shape index (κ1) is 18.8. The fraction of sp³-hybridized carbons (Fsp3) is 0.238. The molecular formula is C21H21N5O3. The molecule has 8 heteroatoms. The van der Waals surface area contributed by atoms with E-state index in [1.165, 1.54) is 6.33 Å². The molecule has 2 aromatic carbocycles. The number of aromatic nitrogens is 5. The second-order valence-electron chi connectivity index (χ2n) is 6.50. The average Bonchev–Trinajstić information content (AvgIpc) is 3.34. The van der Waals surface area contributed by atoms with Gasteiger partial charge >= 0.3 is 5.97 Å². The van der Waals surface area contributed by atoms with Crippen LogP contribution in [0, 0.1) is 0 Å². The second-order valence-corrected chi connectivity index (χ2v) is 6.50. The van der Waals surface area contributed by atoms with E-state index in [2.05, 4.69) is 21.1 Å². The third-order valence-corrected chi connectivity index (χ3v) is 4.55. The Kier molecular flexibility index (Phi) is 5.35. The lowest BCUT2D eigenvalue weighted by atomic mass is 10.2. The smallest absolute Gasteiger partial charge is 0.338 e. The Morgan fingerprint density at radius 3 is 2.79 bits per heavy atom. The van der Waals surface area contributed by atoms with Crippen molar-refractivity contribution in [3.8, 4) is 5.69 Å². The lowest BCUT2D eigenvalue weighted by molar-refractivity contribution is 0.0526. The first-order chi connectivity index (χ1) is 14.2. The molecule has 0 unspecified atom stereocenters. The van der Waals surface area contributed by atoms with Crippen molar-refractivity contribution in [1.29, 1.82) is 0 Å². The number of carbonyl (C=O) groups is 1. The van der Waals surface area contributed by atoms with Gasteiger partial charge in [-0.2, -0.15) is 5.10 Å². The first-order valence-corrected chi connectivity index (χ1v) is 9.30. The van der Waals surface area contributed by atoms with Gasteiger partial charge in [0.25, 0.3) is 0 Å². The monoisotopic (exact) mass is 391 g/mol. The average molecular weight is 391 g/mol. The predicted molar refractivity (Wildman–Crippen MR) is 107 cm³/mol. The minimum absolute atomic E-state index is 0.342. The number of imidazole rings is 1. The lowest BCUT2D eigenvalue weighted by Crippen LogP contribution is -2.04. The topological polar surface area (TPSA) is 84.1 Å². The lowest BCUT2D eigenvalue weighted by Gasteiger charge is -2.08. The van der Waals surface area contributed by atoms with Gasteiger partial charge in [0.2, 0.25) is 0 Å². The maximum atomic E-state index is 11.9. The highest BCUT2D eigenvalue weighted by atomic mass is 16.5. The molecule has 4 rings (SSSR count). The summed E-state index contributed by atoms with van der Waals surface area (Å²) >= 11 is 0. The highest BCUT2D eigenvalue weighted by Gasteiger charge is 2.11. The van der Waals surface area contributed by atoms with E-state index in [0.29, 0.717) is 25.4 Å². The van der Waals surface area contributed by atoms with Crippen molar-refractivity contribution in [2.45, 2.75) is 20.1 Å². The molecule has 0 atom stereocenters. The Morgan fingerprint density at radius 2 is 2.00 bits per heavy atom. The van der Waals surface area contributed by atoms with Crippen LogP contribution in [0.15, 0.2) is 55.1 Å². The molecule has 4 aromatic rings. The Labute approximate surface area is 167 Å². The second kappa shape index (κ2) is 8.24. The number of fused-ring (bicyclic) bond motifs is 1. The van der Waals surface area contributed by atoms with E-state index < -0.39 is 0 Å². The van der Waals surface area contributed by atoms with Crippen molar-refractivity contribution in [3.05, 3.63) is 72.1 Å². The van der Waals surface area contributed by atoms with E-state index in [4.69, 9.17) is 9.47 Å². The summed E-state index contributed by atoms with van der Waals surface area (Å²) in [5.74, 6) is 0.435. The minimum atomic E-state index is -0.342. The van der Waals surface area contributed by atoms with Gasteiger partial charge in [0.05, 0.1) is 29.8 Å². The molecule has 0 fully saturated rings. The molecule has 0 saturated carbocycles.